The smallest absolute Gasteiger partial charge is 0.306 e. The summed E-state index contributed by atoms with van der Waals surface area (Å²) in [4.78, 5) is 49.0. The van der Waals surface area contributed by atoms with E-state index in [0.717, 1.165) is 37.0 Å². The molecule has 0 aromatic rings. The van der Waals surface area contributed by atoms with Gasteiger partial charge in [-0.2, -0.15) is 0 Å². The Bertz CT molecular complexity index is 627. The molecule has 0 unspecified atom stereocenters. The number of esters is 1. The van der Waals surface area contributed by atoms with Crippen molar-refractivity contribution in [1.82, 2.24) is 15.5 Å². The van der Waals surface area contributed by atoms with E-state index in [1.54, 1.807) is 0 Å². The van der Waals surface area contributed by atoms with E-state index < -0.39 is 11.9 Å². The summed E-state index contributed by atoms with van der Waals surface area (Å²) in [5.74, 6) is 1.13. The summed E-state index contributed by atoms with van der Waals surface area (Å²) in [6.45, 7) is -0.0184. The van der Waals surface area contributed by atoms with Crippen molar-refractivity contribution in [3.05, 3.63) is 0 Å². The monoisotopic (exact) mass is 407 g/mol. The van der Waals surface area contributed by atoms with E-state index in [-0.39, 0.29) is 36.8 Å². The fourth-order valence-electron chi connectivity index (χ4n) is 5.72. The van der Waals surface area contributed by atoms with Gasteiger partial charge in [0.15, 0.2) is 6.61 Å². The summed E-state index contributed by atoms with van der Waals surface area (Å²) in [5, 5.41) is 5.47. The molecule has 0 heterocycles. The Labute approximate surface area is 172 Å². The average Bonchev–Trinajstić information content (AvgIpc) is 2.67. The highest BCUT2D eigenvalue weighted by Gasteiger charge is 2.54. The lowest BCUT2D eigenvalue weighted by Crippen LogP contribution is -2.53. The molecule has 0 aromatic carbocycles. The molecule has 3 amide bonds. The van der Waals surface area contributed by atoms with Crippen LogP contribution in [0.2, 0.25) is 0 Å². The number of likely N-dealkylation sites (N-methyl/N-ethyl adjacent to an activating group) is 2. The Balaban J connectivity index is 1.31. The molecule has 8 nitrogen and oxygen atoms in total. The van der Waals surface area contributed by atoms with Crippen molar-refractivity contribution in [3.8, 4) is 0 Å². The van der Waals surface area contributed by atoms with Crippen molar-refractivity contribution in [2.75, 3.05) is 33.8 Å². The molecule has 0 aromatic heterocycles. The molecule has 0 spiro atoms. The number of nitrogens with one attached hydrogen (secondary N) is 2. The third-order valence-electron chi connectivity index (χ3n) is 6.81. The molecular formula is C21H33N3O5. The Hall–Kier alpha value is -2.12. The van der Waals surface area contributed by atoms with Gasteiger partial charge >= 0.3 is 5.97 Å². The van der Waals surface area contributed by atoms with Crippen LogP contribution in [0.1, 0.15) is 51.4 Å². The summed E-state index contributed by atoms with van der Waals surface area (Å²) < 4.78 is 4.97. The van der Waals surface area contributed by atoms with Crippen LogP contribution in [0.3, 0.4) is 0 Å². The lowest BCUT2D eigenvalue weighted by molar-refractivity contribution is -0.152. The average molecular weight is 408 g/mol. The van der Waals surface area contributed by atoms with E-state index >= 15 is 0 Å². The topological polar surface area (TPSA) is 105 Å². The number of hydrogen-bond acceptors (Lipinski definition) is 5. The largest absolute Gasteiger partial charge is 0.456 e. The summed E-state index contributed by atoms with van der Waals surface area (Å²) >= 11 is 0. The second kappa shape index (κ2) is 9.13. The van der Waals surface area contributed by atoms with Gasteiger partial charge in [-0.1, -0.05) is 0 Å². The molecule has 0 saturated heterocycles. The van der Waals surface area contributed by atoms with Gasteiger partial charge in [-0.05, 0) is 62.7 Å². The molecular weight excluding hydrogens is 374 g/mol. The maximum atomic E-state index is 12.8. The number of hydrogen-bond donors (Lipinski definition) is 2. The summed E-state index contributed by atoms with van der Waals surface area (Å²) in [6.07, 6.45) is 7.61. The lowest BCUT2D eigenvalue weighted by atomic mass is 9.49. The van der Waals surface area contributed by atoms with Crippen molar-refractivity contribution in [2.24, 2.45) is 23.2 Å². The summed E-state index contributed by atoms with van der Waals surface area (Å²) in [7, 11) is 2.97. The third-order valence-corrected chi connectivity index (χ3v) is 6.81. The molecule has 0 aliphatic heterocycles. The van der Waals surface area contributed by atoms with Crippen LogP contribution in [0, 0.1) is 23.2 Å². The summed E-state index contributed by atoms with van der Waals surface area (Å²) in [6, 6.07) is 0. The molecule has 8 heteroatoms. The molecule has 4 bridgehead atoms. The Morgan fingerprint density at radius 3 is 2.17 bits per heavy atom. The van der Waals surface area contributed by atoms with Crippen LogP contribution in [-0.2, 0) is 23.9 Å². The number of ether oxygens (including phenoxy) is 1. The van der Waals surface area contributed by atoms with Crippen LogP contribution in [0.25, 0.3) is 0 Å². The Morgan fingerprint density at radius 2 is 1.62 bits per heavy atom. The molecule has 29 heavy (non-hydrogen) atoms. The number of carbonyl (C=O) groups is 4. The minimum absolute atomic E-state index is 0.0801. The van der Waals surface area contributed by atoms with Crippen LogP contribution in [0.15, 0.2) is 0 Å². The highest BCUT2D eigenvalue weighted by molar-refractivity contribution is 5.86. The van der Waals surface area contributed by atoms with Gasteiger partial charge in [0.05, 0.1) is 6.54 Å². The molecule has 4 saturated carbocycles. The van der Waals surface area contributed by atoms with Crippen LogP contribution in [0.5, 0.6) is 0 Å². The number of nitrogens with zero attached hydrogens (tertiary/aromatic N) is 1. The van der Waals surface area contributed by atoms with Gasteiger partial charge in [-0.25, -0.2) is 0 Å². The van der Waals surface area contributed by atoms with Crippen LogP contribution >= 0.6 is 0 Å². The molecule has 4 aliphatic carbocycles. The van der Waals surface area contributed by atoms with Crippen molar-refractivity contribution in [2.45, 2.75) is 51.4 Å². The lowest BCUT2D eigenvalue weighted by Gasteiger charge is -2.55. The summed E-state index contributed by atoms with van der Waals surface area (Å²) in [5.41, 5.74) is -0.170. The van der Waals surface area contributed by atoms with Gasteiger partial charge in [0.1, 0.15) is 0 Å². The Morgan fingerprint density at radius 1 is 1.03 bits per heavy atom. The molecule has 0 radical (unpaired) electrons. The maximum absolute atomic E-state index is 12.8. The molecule has 4 fully saturated rings. The highest BCUT2D eigenvalue weighted by atomic mass is 16.5. The molecule has 0 atom stereocenters. The van der Waals surface area contributed by atoms with Gasteiger partial charge in [0.25, 0.3) is 5.91 Å². The van der Waals surface area contributed by atoms with Crippen LogP contribution in [-0.4, -0.2) is 62.4 Å². The van der Waals surface area contributed by atoms with E-state index in [2.05, 4.69) is 10.6 Å². The van der Waals surface area contributed by atoms with Gasteiger partial charge in [0, 0.05) is 32.5 Å². The van der Waals surface area contributed by atoms with Gasteiger partial charge in [0.2, 0.25) is 11.8 Å². The predicted molar refractivity (Wildman–Crippen MR) is 106 cm³/mol. The number of amides is 3. The number of carbonyl (C=O) groups excluding carboxylic acids is 4. The standard InChI is InChI=1S/C21H33N3O5/c1-22-17(25)12-24(2)18(26)13-29-19(27)4-3-5-23-20(28)21-9-14-6-15(10-21)8-16(7-14)11-21/h14-16H,3-13H2,1-2H3,(H,22,25)(H,23,28). The predicted octanol–water partition coefficient (Wildman–Crippen LogP) is 0.847. The van der Waals surface area contributed by atoms with Crippen molar-refractivity contribution >= 4 is 23.7 Å². The van der Waals surface area contributed by atoms with Crippen molar-refractivity contribution in [1.29, 1.82) is 0 Å². The molecule has 2 N–H and O–H groups in total. The minimum atomic E-state index is -0.476. The van der Waals surface area contributed by atoms with Gasteiger partial charge in [-0.3, -0.25) is 19.2 Å². The normalized spacial score (nSPS) is 29.2. The van der Waals surface area contributed by atoms with Crippen molar-refractivity contribution < 1.29 is 23.9 Å². The second-order valence-electron chi connectivity index (χ2n) is 9.14. The SMILES string of the molecule is CNC(=O)CN(C)C(=O)COC(=O)CCCNC(=O)C12CC3CC(CC(C3)C1)C2. The van der Waals surface area contributed by atoms with E-state index in [0.29, 0.717) is 13.0 Å². The third kappa shape index (κ3) is 5.28. The van der Waals surface area contributed by atoms with E-state index in [4.69, 9.17) is 4.74 Å². The van der Waals surface area contributed by atoms with E-state index in [1.165, 1.54) is 38.3 Å². The first kappa shape index (κ1) is 21.6. The van der Waals surface area contributed by atoms with Gasteiger partial charge in [-0.15, -0.1) is 0 Å². The fraction of sp³-hybridized carbons (Fsp3) is 0.810. The quantitative estimate of drug-likeness (QED) is 0.435. The molecule has 162 valence electrons. The van der Waals surface area contributed by atoms with Gasteiger partial charge < -0.3 is 20.3 Å². The zero-order valence-corrected chi connectivity index (χ0v) is 17.5. The Kier molecular flexibility index (Phi) is 6.80. The fourth-order valence-corrected chi connectivity index (χ4v) is 5.72. The number of rotatable bonds is 9. The second-order valence-corrected chi connectivity index (χ2v) is 9.14. The first-order chi connectivity index (χ1) is 13.8. The zero-order valence-electron chi connectivity index (χ0n) is 17.5. The molecule has 4 rings (SSSR count). The molecule has 4 aliphatic rings. The van der Waals surface area contributed by atoms with Crippen LogP contribution in [0.4, 0.5) is 0 Å². The van der Waals surface area contributed by atoms with Crippen LogP contribution < -0.4 is 10.6 Å². The first-order valence-corrected chi connectivity index (χ1v) is 10.7. The van der Waals surface area contributed by atoms with Crippen molar-refractivity contribution in [3.63, 3.8) is 0 Å². The minimum Gasteiger partial charge on any atom is -0.456 e. The highest BCUT2D eigenvalue weighted by Crippen LogP contribution is 2.60. The van der Waals surface area contributed by atoms with E-state index in [9.17, 15) is 19.2 Å². The van der Waals surface area contributed by atoms with E-state index in [1.807, 2.05) is 0 Å². The zero-order chi connectivity index (χ0) is 21.0. The first-order valence-electron chi connectivity index (χ1n) is 10.7. The maximum Gasteiger partial charge on any atom is 0.306 e.